The van der Waals surface area contributed by atoms with Gasteiger partial charge >= 0.3 is 0 Å². The van der Waals surface area contributed by atoms with Crippen LogP contribution in [0, 0.1) is 5.41 Å². The van der Waals surface area contributed by atoms with Crippen molar-refractivity contribution in [1.82, 2.24) is 5.32 Å². The van der Waals surface area contributed by atoms with Gasteiger partial charge in [0.1, 0.15) is 0 Å². The highest BCUT2D eigenvalue weighted by Gasteiger charge is 2.25. The molecule has 1 saturated carbocycles. The molecule has 0 atom stereocenters. The molecule has 0 saturated heterocycles. The van der Waals surface area contributed by atoms with Gasteiger partial charge in [-0.2, -0.15) is 0 Å². The smallest absolute Gasteiger partial charge is 0.0101 e. The molecule has 0 bridgehead atoms. The first-order valence-electron chi connectivity index (χ1n) is 10.1. The summed E-state index contributed by atoms with van der Waals surface area (Å²) in [6, 6.07) is 21.9. The van der Waals surface area contributed by atoms with Crippen molar-refractivity contribution in [1.29, 1.82) is 0 Å². The van der Waals surface area contributed by atoms with Crippen molar-refractivity contribution in [3.05, 3.63) is 71.8 Å². The molecule has 0 aromatic heterocycles. The van der Waals surface area contributed by atoms with Gasteiger partial charge in [0.2, 0.25) is 0 Å². The van der Waals surface area contributed by atoms with Gasteiger partial charge in [0.15, 0.2) is 0 Å². The molecule has 2 aromatic rings. The predicted molar refractivity (Wildman–Crippen MR) is 108 cm³/mol. The van der Waals surface area contributed by atoms with Crippen LogP contribution in [-0.2, 0) is 0 Å². The van der Waals surface area contributed by atoms with Gasteiger partial charge in [-0.05, 0) is 55.3 Å². The van der Waals surface area contributed by atoms with E-state index in [9.17, 15) is 0 Å². The van der Waals surface area contributed by atoms with E-state index in [0.29, 0.717) is 11.3 Å². The predicted octanol–water partition coefficient (Wildman–Crippen LogP) is 6.16. The molecular weight excluding hydrogens is 302 g/mol. The van der Waals surface area contributed by atoms with E-state index in [0.717, 1.165) is 19.5 Å². The van der Waals surface area contributed by atoms with Gasteiger partial charge < -0.3 is 5.32 Å². The Bertz CT molecular complexity index is 559. The standard InChI is InChI=1S/C24H33N/c1-24(16-9-4-10-17-24)18-20-25-19-15-23(21-11-5-2-6-12-21)22-13-7-3-8-14-22/h2-3,5-8,11-14,23,25H,4,9-10,15-20H2,1H3. The van der Waals surface area contributed by atoms with Crippen molar-refractivity contribution in [3.63, 3.8) is 0 Å². The number of benzene rings is 2. The average molecular weight is 336 g/mol. The lowest BCUT2D eigenvalue weighted by atomic mass is 9.73. The maximum Gasteiger partial charge on any atom is 0.0101 e. The quantitative estimate of drug-likeness (QED) is 0.570. The van der Waals surface area contributed by atoms with E-state index < -0.39 is 0 Å². The van der Waals surface area contributed by atoms with E-state index in [1.807, 2.05) is 0 Å². The second-order valence-electron chi connectivity index (χ2n) is 8.03. The molecule has 0 heterocycles. The zero-order valence-electron chi connectivity index (χ0n) is 15.7. The summed E-state index contributed by atoms with van der Waals surface area (Å²) >= 11 is 0. The van der Waals surface area contributed by atoms with E-state index >= 15 is 0 Å². The highest BCUT2D eigenvalue weighted by atomic mass is 14.8. The molecule has 2 aromatic carbocycles. The zero-order chi connectivity index (χ0) is 17.4. The molecule has 134 valence electrons. The lowest BCUT2D eigenvalue weighted by molar-refractivity contribution is 0.197. The fourth-order valence-electron chi connectivity index (χ4n) is 4.31. The third kappa shape index (κ3) is 5.44. The van der Waals surface area contributed by atoms with E-state index in [1.54, 1.807) is 0 Å². The van der Waals surface area contributed by atoms with Crippen LogP contribution in [0.1, 0.15) is 68.9 Å². The van der Waals surface area contributed by atoms with Crippen LogP contribution in [-0.4, -0.2) is 13.1 Å². The maximum atomic E-state index is 3.73. The highest BCUT2D eigenvalue weighted by molar-refractivity contribution is 5.32. The normalized spacial score (nSPS) is 16.9. The third-order valence-electron chi connectivity index (χ3n) is 5.98. The molecule has 0 unspecified atom stereocenters. The van der Waals surface area contributed by atoms with Crippen molar-refractivity contribution < 1.29 is 0 Å². The summed E-state index contributed by atoms with van der Waals surface area (Å²) in [4.78, 5) is 0. The summed E-state index contributed by atoms with van der Waals surface area (Å²) in [5, 5.41) is 3.73. The van der Waals surface area contributed by atoms with Crippen LogP contribution >= 0.6 is 0 Å². The molecule has 0 aliphatic heterocycles. The van der Waals surface area contributed by atoms with Gasteiger partial charge in [-0.3, -0.25) is 0 Å². The van der Waals surface area contributed by atoms with Crippen LogP contribution < -0.4 is 5.32 Å². The number of hydrogen-bond acceptors (Lipinski definition) is 1. The first-order valence-corrected chi connectivity index (χ1v) is 10.1. The Morgan fingerprint density at radius 1 is 0.800 bits per heavy atom. The molecule has 1 heteroatoms. The van der Waals surface area contributed by atoms with E-state index in [4.69, 9.17) is 0 Å². The lowest BCUT2D eigenvalue weighted by Crippen LogP contribution is -2.27. The molecule has 0 radical (unpaired) electrons. The van der Waals surface area contributed by atoms with Gasteiger partial charge in [0.25, 0.3) is 0 Å². The molecule has 3 rings (SSSR count). The Morgan fingerprint density at radius 3 is 1.92 bits per heavy atom. The fraction of sp³-hybridized carbons (Fsp3) is 0.500. The summed E-state index contributed by atoms with van der Waals surface area (Å²) in [5.41, 5.74) is 3.44. The summed E-state index contributed by atoms with van der Waals surface area (Å²) < 4.78 is 0. The van der Waals surface area contributed by atoms with Gasteiger partial charge in [-0.1, -0.05) is 86.8 Å². The minimum atomic E-state index is 0.486. The highest BCUT2D eigenvalue weighted by Crippen LogP contribution is 2.38. The van der Waals surface area contributed by atoms with Gasteiger partial charge in [-0.15, -0.1) is 0 Å². The Morgan fingerprint density at radius 2 is 1.36 bits per heavy atom. The minimum absolute atomic E-state index is 0.486. The molecule has 1 nitrogen and oxygen atoms in total. The molecule has 1 aliphatic carbocycles. The number of rotatable bonds is 8. The molecule has 1 N–H and O–H groups in total. The van der Waals surface area contributed by atoms with Gasteiger partial charge in [0.05, 0.1) is 0 Å². The third-order valence-corrected chi connectivity index (χ3v) is 5.98. The molecule has 1 fully saturated rings. The van der Waals surface area contributed by atoms with Gasteiger partial charge in [-0.25, -0.2) is 0 Å². The van der Waals surface area contributed by atoms with Crippen molar-refractivity contribution in [2.24, 2.45) is 5.41 Å². The van der Waals surface area contributed by atoms with Crippen LogP contribution in [0.15, 0.2) is 60.7 Å². The molecule has 25 heavy (non-hydrogen) atoms. The zero-order valence-corrected chi connectivity index (χ0v) is 15.7. The fourth-order valence-corrected chi connectivity index (χ4v) is 4.31. The monoisotopic (exact) mass is 335 g/mol. The second-order valence-corrected chi connectivity index (χ2v) is 8.03. The first kappa shape index (κ1) is 18.2. The van der Waals surface area contributed by atoms with E-state index in [2.05, 4.69) is 72.9 Å². The van der Waals surface area contributed by atoms with Crippen molar-refractivity contribution >= 4 is 0 Å². The Balaban J connectivity index is 1.51. The molecular formula is C24H33N. The summed E-state index contributed by atoms with van der Waals surface area (Å²) in [6.07, 6.45) is 9.63. The SMILES string of the molecule is CC1(CCNCCC(c2ccccc2)c2ccccc2)CCCCC1. The lowest BCUT2D eigenvalue weighted by Gasteiger charge is -2.33. The van der Waals surface area contributed by atoms with Crippen molar-refractivity contribution in [2.75, 3.05) is 13.1 Å². The van der Waals surface area contributed by atoms with Crippen molar-refractivity contribution in [3.8, 4) is 0 Å². The average Bonchev–Trinajstić information content (AvgIpc) is 2.66. The Kier molecular flexibility index (Phi) is 6.69. The Labute approximate surface area is 153 Å². The topological polar surface area (TPSA) is 12.0 Å². The molecule has 1 aliphatic rings. The van der Waals surface area contributed by atoms with E-state index in [1.165, 1.54) is 49.7 Å². The van der Waals surface area contributed by atoms with Crippen molar-refractivity contribution in [2.45, 2.75) is 57.8 Å². The number of hydrogen-bond donors (Lipinski definition) is 1. The largest absolute Gasteiger partial charge is 0.317 e. The van der Waals surface area contributed by atoms with E-state index in [-0.39, 0.29) is 0 Å². The van der Waals surface area contributed by atoms with Gasteiger partial charge in [0, 0.05) is 5.92 Å². The first-order chi connectivity index (χ1) is 12.3. The number of nitrogens with one attached hydrogen (secondary N) is 1. The minimum Gasteiger partial charge on any atom is -0.317 e. The summed E-state index contributed by atoms with van der Waals surface area (Å²) in [7, 11) is 0. The molecule has 0 spiro atoms. The van der Waals surface area contributed by atoms with Crippen LogP contribution in [0.25, 0.3) is 0 Å². The van der Waals surface area contributed by atoms with Crippen LogP contribution in [0.2, 0.25) is 0 Å². The van der Waals surface area contributed by atoms with Crippen LogP contribution in [0.5, 0.6) is 0 Å². The van der Waals surface area contributed by atoms with Crippen LogP contribution in [0.3, 0.4) is 0 Å². The Hall–Kier alpha value is -1.60. The summed E-state index contributed by atoms with van der Waals surface area (Å²) in [5.74, 6) is 0.486. The molecule has 0 amide bonds. The van der Waals surface area contributed by atoms with Crippen LogP contribution in [0.4, 0.5) is 0 Å². The second kappa shape index (κ2) is 9.20. The summed E-state index contributed by atoms with van der Waals surface area (Å²) in [6.45, 7) is 4.74. The maximum absolute atomic E-state index is 3.73.